The van der Waals surface area contributed by atoms with Gasteiger partial charge >= 0.3 is 0 Å². The average molecular weight is 257 g/mol. The van der Waals surface area contributed by atoms with Crippen molar-refractivity contribution >= 4 is 23.6 Å². The predicted molar refractivity (Wildman–Crippen MR) is 72.0 cm³/mol. The Balaban J connectivity index is 2.87. The van der Waals surface area contributed by atoms with Gasteiger partial charge < -0.3 is 0 Å². The second kappa shape index (κ2) is 4.63. The van der Waals surface area contributed by atoms with E-state index in [1.54, 1.807) is 11.8 Å². The number of likely N-dealkylation sites (tertiary alicyclic amines) is 1. The molecule has 2 amide bonds. The van der Waals surface area contributed by atoms with Gasteiger partial charge in [-0.3, -0.25) is 14.5 Å². The molecule has 0 aliphatic carbocycles. The molecule has 0 aromatic carbocycles. The molecule has 1 aliphatic heterocycles. The Bertz CT molecular complexity index is 331. The molecule has 1 heterocycles. The molecule has 17 heavy (non-hydrogen) atoms. The van der Waals surface area contributed by atoms with Crippen LogP contribution in [-0.4, -0.2) is 32.3 Å². The third-order valence-electron chi connectivity index (χ3n) is 3.07. The van der Waals surface area contributed by atoms with Crippen LogP contribution in [0.4, 0.5) is 0 Å². The Morgan fingerprint density at radius 3 is 2.18 bits per heavy atom. The molecule has 0 saturated carbocycles. The lowest BCUT2D eigenvalue weighted by Crippen LogP contribution is -2.47. The summed E-state index contributed by atoms with van der Waals surface area (Å²) in [5.74, 6) is -0.0367. The van der Waals surface area contributed by atoms with E-state index in [-0.39, 0.29) is 27.4 Å². The van der Waals surface area contributed by atoms with E-state index in [1.807, 2.05) is 20.8 Å². The Morgan fingerprint density at radius 1 is 1.24 bits per heavy atom. The molecule has 0 bridgehead atoms. The van der Waals surface area contributed by atoms with Crippen LogP contribution in [0.5, 0.6) is 0 Å². The van der Waals surface area contributed by atoms with Crippen LogP contribution in [0.15, 0.2) is 0 Å². The number of imide groups is 1. The van der Waals surface area contributed by atoms with Crippen LogP contribution in [0.1, 0.15) is 54.4 Å². The van der Waals surface area contributed by atoms with E-state index in [2.05, 4.69) is 20.8 Å². The zero-order valence-corrected chi connectivity index (χ0v) is 12.5. The van der Waals surface area contributed by atoms with Crippen molar-refractivity contribution in [2.75, 3.05) is 0 Å². The lowest BCUT2D eigenvalue weighted by atomic mass is 10.00. The highest BCUT2D eigenvalue weighted by molar-refractivity contribution is 8.01. The first-order valence-electron chi connectivity index (χ1n) is 6.13. The normalized spacial score (nSPS) is 22.5. The van der Waals surface area contributed by atoms with Gasteiger partial charge in [0.1, 0.15) is 0 Å². The van der Waals surface area contributed by atoms with Gasteiger partial charge in [0.25, 0.3) is 0 Å². The van der Waals surface area contributed by atoms with Crippen molar-refractivity contribution < 1.29 is 9.59 Å². The maximum Gasteiger partial charge on any atom is 0.243 e. The molecule has 1 atom stereocenters. The summed E-state index contributed by atoms with van der Waals surface area (Å²) in [4.78, 5) is 25.7. The molecule has 1 rings (SSSR count). The highest BCUT2D eigenvalue weighted by Crippen LogP contribution is 2.37. The van der Waals surface area contributed by atoms with Crippen LogP contribution in [0, 0.1) is 0 Å². The van der Waals surface area contributed by atoms with Gasteiger partial charge in [0.05, 0.1) is 5.25 Å². The van der Waals surface area contributed by atoms with Crippen molar-refractivity contribution in [3.8, 4) is 0 Å². The summed E-state index contributed by atoms with van der Waals surface area (Å²) in [6, 6.07) is 0. The summed E-state index contributed by atoms with van der Waals surface area (Å²) >= 11 is 1.59. The molecule has 0 radical (unpaired) electrons. The Labute approximate surface area is 108 Å². The number of rotatable bonds is 3. The minimum absolute atomic E-state index is 0.00692. The van der Waals surface area contributed by atoms with Crippen molar-refractivity contribution in [1.82, 2.24) is 4.90 Å². The maximum absolute atomic E-state index is 12.3. The Morgan fingerprint density at radius 2 is 1.76 bits per heavy atom. The first-order chi connectivity index (χ1) is 7.58. The van der Waals surface area contributed by atoms with E-state index in [0.29, 0.717) is 6.42 Å². The highest BCUT2D eigenvalue weighted by atomic mass is 32.2. The molecule has 1 unspecified atom stereocenters. The van der Waals surface area contributed by atoms with Gasteiger partial charge in [0.15, 0.2) is 0 Å². The minimum Gasteiger partial charge on any atom is -0.276 e. The van der Waals surface area contributed by atoms with Gasteiger partial charge in [-0.2, -0.15) is 0 Å². The molecule has 1 saturated heterocycles. The second-order valence-electron chi connectivity index (χ2n) is 6.16. The molecule has 1 fully saturated rings. The summed E-state index contributed by atoms with van der Waals surface area (Å²) in [5.41, 5.74) is -0.360. The van der Waals surface area contributed by atoms with E-state index in [9.17, 15) is 9.59 Å². The van der Waals surface area contributed by atoms with E-state index in [4.69, 9.17) is 0 Å². The lowest BCUT2D eigenvalue weighted by molar-refractivity contribution is -0.144. The lowest BCUT2D eigenvalue weighted by Gasteiger charge is -2.33. The third kappa shape index (κ3) is 3.24. The van der Waals surface area contributed by atoms with E-state index < -0.39 is 0 Å². The number of carbonyl (C=O) groups excluding carboxylic acids is 2. The SMILES string of the molecule is CCC(C)(C)N1C(=O)CC(SC(C)(C)C)C1=O. The molecule has 4 heteroatoms. The molecule has 3 nitrogen and oxygen atoms in total. The Kier molecular flexibility index (Phi) is 3.97. The number of nitrogens with zero attached hydrogens (tertiary/aromatic N) is 1. The van der Waals surface area contributed by atoms with Crippen LogP contribution in [0.2, 0.25) is 0 Å². The first-order valence-corrected chi connectivity index (χ1v) is 7.01. The van der Waals surface area contributed by atoms with Gasteiger partial charge in [-0.15, -0.1) is 11.8 Å². The fraction of sp³-hybridized carbons (Fsp3) is 0.846. The van der Waals surface area contributed by atoms with Crippen molar-refractivity contribution in [3.63, 3.8) is 0 Å². The van der Waals surface area contributed by atoms with Gasteiger partial charge in [0.2, 0.25) is 11.8 Å². The van der Waals surface area contributed by atoms with Crippen molar-refractivity contribution in [3.05, 3.63) is 0 Å². The molecular formula is C13H23NO2S. The van der Waals surface area contributed by atoms with Gasteiger partial charge in [-0.1, -0.05) is 27.7 Å². The summed E-state index contributed by atoms with van der Waals surface area (Å²) in [5, 5.41) is -0.201. The first kappa shape index (κ1) is 14.6. The zero-order chi connectivity index (χ0) is 13.4. The van der Waals surface area contributed by atoms with Gasteiger partial charge in [-0.25, -0.2) is 0 Å². The topological polar surface area (TPSA) is 37.4 Å². The smallest absolute Gasteiger partial charge is 0.243 e. The number of thioether (sulfide) groups is 1. The quantitative estimate of drug-likeness (QED) is 0.730. The Hall–Kier alpha value is -0.510. The zero-order valence-electron chi connectivity index (χ0n) is 11.7. The highest BCUT2D eigenvalue weighted by Gasteiger charge is 2.46. The summed E-state index contributed by atoms with van der Waals surface area (Å²) in [6.45, 7) is 12.1. The summed E-state index contributed by atoms with van der Waals surface area (Å²) < 4.78 is 0.00692. The number of hydrogen-bond acceptors (Lipinski definition) is 3. The fourth-order valence-electron chi connectivity index (χ4n) is 1.92. The fourth-order valence-corrected chi connectivity index (χ4v) is 3.20. The van der Waals surface area contributed by atoms with Crippen molar-refractivity contribution in [2.45, 2.75) is 69.9 Å². The van der Waals surface area contributed by atoms with Crippen molar-refractivity contribution in [2.24, 2.45) is 0 Å². The van der Waals surface area contributed by atoms with Crippen LogP contribution in [0.25, 0.3) is 0 Å². The predicted octanol–water partition coefficient (Wildman–Crippen LogP) is 2.83. The van der Waals surface area contributed by atoms with Crippen molar-refractivity contribution in [1.29, 1.82) is 0 Å². The molecular weight excluding hydrogens is 234 g/mol. The molecule has 0 aromatic heterocycles. The minimum atomic E-state index is -0.360. The summed E-state index contributed by atoms with van der Waals surface area (Å²) in [6.07, 6.45) is 1.14. The standard InChI is InChI=1S/C13H23NO2S/c1-7-13(5,6)14-10(15)8-9(11(14)16)17-12(2,3)4/h9H,7-8H2,1-6H3. The van der Waals surface area contributed by atoms with Crippen LogP contribution in [-0.2, 0) is 9.59 Å². The molecule has 1 aliphatic rings. The van der Waals surface area contributed by atoms with Crippen LogP contribution in [0.3, 0.4) is 0 Å². The van der Waals surface area contributed by atoms with Crippen LogP contribution >= 0.6 is 11.8 Å². The molecule has 98 valence electrons. The summed E-state index contributed by atoms with van der Waals surface area (Å²) in [7, 11) is 0. The largest absolute Gasteiger partial charge is 0.276 e. The van der Waals surface area contributed by atoms with Crippen LogP contribution < -0.4 is 0 Å². The number of hydrogen-bond donors (Lipinski definition) is 0. The van der Waals surface area contributed by atoms with E-state index >= 15 is 0 Å². The third-order valence-corrected chi connectivity index (χ3v) is 4.43. The van der Waals surface area contributed by atoms with Gasteiger partial charge in [0, 0.05) is 16.7 Å². The molecule has 0 N–H and O–H groups in total. The van der Waals surface area contributed by atoms with E-state index in [1.165, 1.54) is 4.90 Å². The number of carbonyl (C=O) groups is 2. The maximum atomic E-state index is 12.3. The monoisotopic (exact) mass is 257 g/mol. The molecule has 0 spiro atoms. The average Bonchev–Trinajstić information content (AvgIpc) is 2.39. The van der Waals surface area contributed by atoms with Gasteiger partial charge in [-0.05, 0) is 20.3 Å². The molecule has 0 aromatic rings. The second-order valence-corrected chi connectivity index (χ2v) is 8.19. The van der Waals surface area contributed by atoms with E-state index in [0.717, 1.165) is 6.42 Å². The number of amides is 2.